The highest BCUT2D eigenvalue weighted by molar-refractivity contribution is 4.84. The zero-order chi connectivity index (χ0) is 17.8. The third kappa shape index (κ3) is 7.81. The first-order valence-electron chi connectivity index (χ1n) is 9.96. The third-order valence-corrected chi connectivity index (χ3v) is 5.04. The lowest BCUT2D eigenvalue weighted by Gasteiger charge is -2.43. The monoisotopic (exact) mass is 339 g/mol. The molecule has 0 radical (unpaired) electrons. The van der Waals surface area contributed by atoms with Crippen LogP contribution in [0.15, 0.2) is 0 Å². The van der Waals surface area contributed by atoms with E-state index in [9.17, 15) is 0 Å². The van der Waals surface area contributed by atoms with E-state index in [0.29, 0.717) is 11.5 Å². The lowest BCUT2D eigenvalue weighted by Crippen LogP contribution is -2.56. The van der Waals surface area contributed by atoms with Gasteiger partial charge in [-0.25, -0.2) is 0 Å². The van der Waals surface area contributed by atoms with Crippen LogP contribution < -0.4 is 0 Å². The summed E-state index contributed by atoms with van der Waals surface area (Å²) in [6.07, 6.45) is 3.12. The van der Waals surface area contributed by atoms with Crippen LogP contribution in [0.5, 0.6) is 0 Å². The molecule has 2 rings (SSSR count). The van der Waals surface area contributed by atoms with Gasteiger partial charge >= 0.3 is 0 Å². The van der Waals surface area contributed by atoms with Gasteiger partial charge in [-0.1, -0.05) is 20.8 Å². The van der Waals surface area contributed by atoms with Gasteiger partial charge in [0.2, 0.25) is 0 Å². The van der Waals surface area contributed by atoms with Crippen molar-refractivity contribution in [1.82, 2.24) is 14.7 Å². The molecule has 2 aliphatic rings. The minimum atomic E-state index is 0.0000743. The molecule has 0 amide bonds. The van der Waals surface area contributed by atoms with Crippen molar-refractivity contribution in [3.05, 3.63) is 0 Å². The predicted octanol–water partition coefficient (Wildman–Crippen LogP) is 2.93. The molecule has 0 spiro atoms. The van der Waals surface area contributed by atoms with Crippen LogP contribution >= 0.6 is 0 Å². The maximum atomic E-state index is 6.01. The molecule has 2 heterocycles. The quantitative estimate of drug-likeness (QED) is 0.710. The van der Waals surface area contributed by atoms with Crippen LogP contribution in [0.4, 0.5) is 0 Å². The molecule has 2 fully saturated rings. The van der Waals surface area contributed by atoms with E-state index in [2.05, 4.69) is 56.2 Å². The van der Waals surface area contributed by atoms with Gasteiger partial charge in [0.05, 0.1) is 11.7 Å². The molecule has 2 aliphatic heterocycles. The minimum absolute atomic E-state index is 0.0000743. The van der Waals surface area contributed by atoms with E-state index in [1.54, 1.807) is 0 Å². The third-order valence-electron chi connectivity index (χ3n) is 5.04. The van der Waals surface area contributed by atoms with Gasteiger partial charge < -0.3 is 9.64 Å². The first-order chi connectivity index (χ1) is 11.1. The first-order valence-corrected chi connectivity index (χ1v) is 9.96. The Kier molecular flexibility index (Phi) is 7.12. The molecule has 142 valence electrons. The van der Waals surface area contributed by atoms with E-state index < -0.39 is 0 Å². The summed E-state index contributed by atoms with van der Waals surface area (Å²) in [5.74, 6) is 0. The second-order valence-corrected chi connectivity index (χ2v) is 9.96. The molecule has 2 saturated heterocycles. The lowest BCUT2D eigenvalue weighted by atomic mass is 9.90. The van der Waals surface area contributed by atoms with Crippen LogP contribution in [0.3, 0.4) is 0 Å². The maximum Gasteiger partial charge on any atom is 0.0835 e. The topological polar surface area (TPSA) is 19.0 Å². The van der Waals surface area contributed by atoms with E-state index in [0.717, 1.165) is 13.1 Å². The van der Waals surface area contributed by atoms with Gasteiger partial charge in [-0.05, 0) is 45.6 Å². The van der Waals surface area contributed by atoms with Gasteiger partial charge in [-0.15, -0.1) is 0 Å². The van der Waals surface area contributed by atoms with Crippen molar-refractivity contribution in [2.75, 3.05) is 58.9 Å². The molecule has 4 nitrogen and oxygen atoms in total. The second kappa shape index (κ2) is 8.48. The average Bonchev–Trinajstić information content (AvgIpc) is 2.40. The van der Waals surface area contributed by atoms with Crippen molar-refractivity contribution in [3.8, 4) is 0 Å². The van der Waals surface area contributed by atoms with Crippen LogP contribution in [0.2, 0.25) is 0 Å². The van der Waals surface area contributed by atoms with Gasteiger partial charge in [0.15, 0.2) is 0 Å². The summed E-state index contributed by atoms with van der Waals surface area (Å²) in [6, 6.07) is 0. The van der Waals surface area contributed by atoms with E-state index in [-0.39, 0.29) is 5.60 Å². The Morgan fingerprint density at radius 1 is 0.750 bits per heavy atom. The van der Waals surface area contributed by atoms with Gasteiger partial charge in [-0.3, -0.25) is 9.80 Å². The second-order valence-electron chi connectivity index (χ2n) is 9.96. The van der Waals surface area contributed by atoms with Crippen molar-refractivity contribution in [1.29, 1.82) is 0 Å². The standard InChI is InChI=1S/C20H41N3O/c1-19(2,3)8-7-9-21-10-12-22(13-11-21)14-15-23-16-18(17-23)24-20(4,5)6/h18H,7-17H2,1-6H3. The molecule has 0 aromatic heterocycles. The average molecular weight is 340 g/mol. The summed E-state index contributed by atoms with van der Waals surface area (Å²) in [7, 11) is 0. The first kappa shape index (κ1) is 20.2. The fourth-order valence-corrected chi connectivity index (χ4v) is 3.63. The summed E-state index contributed by atoms with van der Waals surface area (Å²) in [4.78, 5) is 7.82. The SMILES string of the molecule is CC(C)(C)CCCN1CCN(CCN2CC(OC(C)(C)C)C2)CC1. The van der Waals surface area contributed by atoms with Crippen LogP contribution in [0.1, 0.15) is 54.4 Å². The van der Waals surface area contributed by atoms with Crippen LogP contribution in [0, 0.1) is 5.41 Å². The summed E-state index contributed by atoms with van der Waals surface area (Å²) < 4.78 is 6.01. The van der Waals surface area contributed by atoms with E-state index >= 15 is 0 Å². The number of hydrogen-bond donors (Lipinski definition) is 0. The number of rotatable bonds is 7. The molecule has 0 saturated carbocycles. The van der Waals surface area contributed by atoms with Crippen molar-refractivity contribution >= 4 is 0 Å². The Balaban J connectivity index is 1.50. The summed E-state index contributed by atoms with van der Waals surface area (Å²) >= 11 is 0. The Morgan fingerprint density at radius 3 is 1.75 bits per heavy atom. The molecular formula is C20H41N3O. The van der Waals surface area contributed by atoms with E-state index in [1.165, 1.54) is 58.7 Å². The normalized spacial score (nSPS) is 22.8. The molecule has 0 atom stereocenters. The summed E-state index contributed by atoms with van der Waals surface area (Å²) in [6.45, 7) is 24.4. The van der Waals surface area contributed by atoms with Crippen molar-refractivity contribution < 1.29 is 4.74 Å². The highest BCUT2D eigenvalue weighted by Crippen LogP contribution is 2.21. The van der Waals surface area contributed by atoms with Crippen molar-refractivity contribution in [2.24, 2.45) is 5.41 Å². The summed E-state index contributed by atoms with van der Waals surface area (Å²) in [5.41, 5.74) is 0.480. The number of likely N-dealkylation sites (tertiary alicyclic amines) is 1. The van der Waals surface area contributed by atoms with Gasteiger partial charge in [0, 0.05) is 52.4 Å². The molecule has 0 unspecified atom stereocenters. The predicted molar refractivity (Wildman–Crippen MR) is 103 cm³/mol. The Morgan fingerprint density at radius 2 is 1.25 bits per heavy atom. The van der Waals surface area contributed by atoms with E-state index in [1.807, 2.05) is 0 Å². The highest BCUT2D eigenvalue weighted by atomic mass is 16.5. The number of hydrogen-bond acceptors (Lipinski definition) is 4. The molecule has 0 aromatic carbocycles. The Hall–Kier alpha value is -0.160. The fraction of sp³-hybridized carbons (Fsp3) is 1.00. The smallest absolute Gasteiger partial charge is 0.0835 e. The van der Waals surface area contributed by atoms with Crippen LogP contribution in [-0.2, 0) is 4.74 Å². The summed E-state index contributed by atoms with van der Waals surface area (Å²) in [5, 5.41) is 0. The Labute approximate surface area is 150 Å². The van der Waals surface area contributed by atoms with Gasteiger partial charge in [0.25, 0.3) is 0 Å². The molecule has 0 aromatic rings. The van der Waals surface area contributed by atoms with Gasteiger partial charge in [0.1, 0.15) is 0 Å². The van der Waals surface area contributed by atoms with Gasteiger partial charge in [-0.2, -0.15) is 0 Å². The fourth-order valence-electron chi connectivity index (χ4n) is 3.63. The zero-order valence-corrected chi connectivity index (χ0v) is 17.1. The highest BCUT2D eigenvalue weighted by Gasteiger charge is 2.31. The Bertz CT molecular complexity index is 358. The molecular weight excluding hydrogens is 298 g/mol. The largest absolute Gasteiger partial charge is 0.370 e. The van der Waals surface area contributed by atoms with Crippen molar-refractivity contribution in [2.45, 2.75) is 66.1 Å². The zero-order valence-electron chi connectivity index (χ0n) is 17.1. The minimum Gasteiger partial charge on any atom is -0.370 e. The molecule has 0 aliphatic carbocycles. The van der Waals surface area contributed by atoms with Crippen LogP contribution in [0.25, 0.3) is 0 Å². The van der Waals surface area contributed by atoms with Crippen molar-refractivity contribution in [3.63, 3.8) is 0 Å². The lowest BCUT2D eigenvalue weighted by molar-refractivity contribution is -0.124. The molecule has 24 heavy (non-hydrogen) atoms. The molecule has 0 N–H and O–H groups in total. The molecule has 0 bridgehead atoms. The maximum absolute atomic E-state index is 6.01. The molecule has 4 heteroatoms. The number of ether oxygens (including phenoxy) is 1. The van der Waals surface area contributed by atoms with E-state index in [4.69, 9.17) is 4.74 Å². The number of nitrogens with zero attached hydrogens (tertiary/aromatic N) is 3. The van der Waals surface area contributed by atoms with Crippen LogP contribution in [-0.4, -0.2) is 85.3 Å². The number of piperazine rings is 1.